The summed E-state index contributed by atoms with van der Waals surface area (Å²) in [5.74, 6) is 0.376. The Kier molecular flexibility index (Phi) is 4.79. The van der Waals surface area contributed by atoms with Crippen LogP contribution in [0.1, 0.15) is 32.6 Å². The number of hydrogen-bond donors (Lipinski definition) is 3. The summed E-state index contributed by atoms with van der Waals surface area (Å²) in [5.41, 5.74) is 0. The van der Waals surface area contributed by atoms with Crippen molar-refractivity contribution >= 4 is 0 Å². The zero-order valence-electron chi connectivity index (χ0n) is 10.8. The van der Waals surface area contributed by atoms with Gasteiger partial charge in [0, 0.05) is 31.7 Å². The number of rotatable bonds is 5. The van der Waals surface area contributed by atoms with Crippen molar-refractivity contribution in [3.8, 4) is 0 Å². The van der Waals surface area contributed by atoms with Gasteiger partial charge in [0.15, 0.2) is 0 Å². The van der Waals surface area contributed by atoms with Gasteiger partial charge in [-0.3, -0.25) is 4.90 Å². The summed E-state index contributed by atoms with van der Waals surface area (Å²) in [7, 11) is 0. The summed E-state index contributed by atoms with van der Waals surface area (Å²) >= 11 is 0. The third-order valence-corrected chi connectivity index (χ3v) is 4.33. The third-order valence-electron chi connectivity index (χ3n) is 4.33. The van der Waals surface area contributed by atoms with Crippen LogP contribution in [-0.2, 0) is 0 Å². The number of nitrogens with one attached hydrogen (secondary N) is 1. The van der Waals surface area contributed by atoms with Gasteiger partial charge < -0.3 is 15.5 Å². The van der Waals surface area contributed by atoms with Gasteiger partial charge in [-0.25, -0.2) is 0 Å². The molecule has 4 nitrogen and oxygen atoms in total. The highest BCUT2D eigenvalue weighted by Crippen LogP contribution is 2.30. The van der Waals surface area contributed by atoms with E-state index in [9.17, 15) is 5.11 Å². The highest BCUT2D eigenvalue weighted by molar-refractivity contribution is 4.91. The number of nitrogens with zero attached hydrogens (tertiary/aromatic N) is 1. The van der Waals surface area contributed by atoms with Gasteiger partial charge in [-0.1, -0.05) is 6.42 Å². The molecular formula is C13H26N2O2. The van der Waals surface area contributed by atoms with Crippen molar-refractivity contribution in [2.24, 2.45) is 5.92 Å². The molecule has 1 heterocycles. The molecule has 0 aromatic heterocycles. The molecule has 17 heavy (non-hydrogen) atoms. The first-order valence-electron chi connectivity index (χ1n) is 6.97. The molecule has 0 bridgehead atoms. The quantitative estimate of drug-likeness (QED) is 0.644. The van der Waals surface area contributed by atoms with Crippen LogP contribution >= 0.6 is 0 Å². The summed E-state index contributed by atoms with van der Waals surface area (Å²) < 4.78 is 0. The standard InChI is InChI=1S/C13H26N2O2/c1-10(17)11-7-12(14-5-6-16)9-15(8-11)13-3-2-4-13/h10-14,16-17H,2-9H2,1H3. The van der Waals surface area contributed by atoms with E-state index in [1.807, 2.05) is 6.92 Å². The number of hydrogen-bond acceptors (Lipinski definition) is 4. The minimum absolute atomic E-state index is 0.194. The average Bonchev–Trinajstić information content (AvgIpc) is 2.23. The van der Waals surface area contributed by atoms with Gasteiger partial charge in [-0.2, -0.15) is 0 Å². The van der Waals surface area contributed by atoms with Crippen molar-refractivity contribution in [1.82, 2.24) is 10.2 Å². The molecule has 2 rings (SSSR count). The van der Waals surface area contributed by atoms with Gasteiger partial charge in [0.2, 0.25) is 0 Å². The molecule has 0 aromatic carbocycles. The molecule has 4 heteroatoms. The predicted octanol–water partition coefficient (Wildman–Crippen LogP) is 0.192. The summed E-state index contributed by atoms with van der Waals surface area (Å²) in [4.78, 5) is 2.54. The lowest BCUT2D eigenvalue weighted by Gasteiger charge is -2.46. The zero-order valence-corrected chi connectivity index (χ0v) is 10.8. The minimum atomic E-state index is -0.226. The summed E-state index contributed by atoms with van der Waals surface area (Å²) in [6.45, 7) is 4.88. The van der Waals surface area contributed by atoms with Crippen LogP contribution < -0.4 is 5.32 Å². The fourth-order valence-corrected chi connectivity index (χ4v) is 2.99. The fourth-order valence-electron chi connectivity index (χ4n) is 2.99. The highest BCUT2D eigenvalue weighted by Gasteiger charge is 2.34. The molecule has 0 amide bonds. The molecule has 100 valence electrons. The summed E-state index contributed by atoms with van der Waals surface area (Å²) in [6, 6.07) is 1.17. The van der Waals surface area contributed by atoms with Gasteiger partial charge in [-0.15, -0.1) is 0 Å². The summed E-state index contributed by atoms with van der Waals surface area (Å²) in [5, 5.41) is 22.1. The molecule has 1 aliphatic carbocycles. The van der Waals surface area contributed by atoms with Crippen LogP contribution in [-0.4, -0.2) is 59.5 Å². The lowest BCUT2D eigenvalue weighted by atomic mass is 9.84. The first-order valence-corrected chi connectivity index (χ1v) is 6.97. The zero-order chi connectivity index (χ0) is 12.3. The van der Waals surface area contributed by atoms with E-state index in [2.05, 4.69) is 10.2 Å². The molecule has 0 spiro atoms. The first kappa shape index (κ1) is 13.3. The maximum absolute atomic E-state index is 9.81. The van der Waals surface area contributed by atoms with E-state index >= 15 is 0 Å². The number of piperidine rings is 1. The van der Waals surface area contributed by atoms with Crippen molar-refractivity contribution in [2.45, 2.75) is 50.8 Å². The van der Waals surface area contributed by atoms with Crippen LogP contribution in [0, 0.1) is 5.92 Å². The second kappa shape index (κ2) is 6.14. The Morgan fingerprint density at radius 2 is 2.12 bits per heavy atom. The van der Waals surface area contributed by atoms with E-state index < -0.39 is 0 Å². The number of aliphatic hydroxyl groups excluding tert-OH is 2. The second-order valence-electron chi connectivity index (χ2n) is 5.65. The lowest BCUT2D eigenvalue weighted by Crippen LogP contribution is -2.56. The Hall–Kier alpha value is -0.160. The van der Waals surface area contributed by atoms with Crippen molar-refractivity contribution in [3.05, 3.63) is 0 Å². The Morgan fingerprint density at radius 3 is 2.65 bits per heavy atom. The van der Waals surface area contributed by atoms with Crippen LogP contribution in [0.3, 0.4) is 0 Å². The largest absolute Gasteiger partial charge is 0.395 e. The Bertz CT molecular complexity index is 231. The molecule has 1 aliphatic heterocycles. The van der Waals surface area contributed by atoms with Gasteiger partial charge >= 0.3 is 0 Å². The van der Waals surface area contributed by atoms with Crippen molar-refractivity contribution < 1.29 is 10.2 Å². The third kappa shape index (κ3) is 3.41. The van der Waals surface area contributed by atoms with Gasteiger partial charge in [0.25, 0.3) is 0 Å². The molecule has 2 aliphatic rings. The monoisotopic (exact) mass is 242 g/mol. The average molecular weight is 242 g/mol. The first-order chi connectivity index (χ1) is 8.20. The maximum atomic E-state index is 9.81. The second-order valence-corrected chi connectivity index (χ2v) is 5.65. The molecule has 3 unspecified atom stereocenters. The van der Waals surface area contributed by atoms with Crippen LogP contribution in [0.15, 0.2) is 0 Å². The molecule has 0 aromatic rings. The van der Waals surface area contributed by atoms with Gasteiger partial charge in [0.1, 0.15) is 0 Å². The lowest BCUT2D eigenvalue weighted by molar-refractivity contribution is 0.0101. The minimum Gasteiger partial charge on any atom is -0.395 e. The Balaban J connectivity index is 1.89. The van der Waals surface area contributed by atoms with Crippen molar-refractivity contribution in [2.75, 3.05) is 26.2 Å². The van der Waals surface area contributed by atoms with Gasteiger partial charge in [-0.05, 0) is 32.1 Å². The molecule has 3 atom stereocenters. The molecule has 0 radical (unpaired) electrons. The van der Waals surface area contributed by atoms with Crippen LogP contribution in [0.4, 0.5) is 0 Å². The van der Waals surface area contributed by atoms with E-state index in [1.165, 1.54) is 19.3 Å². The molecule has 2 fully saturated rings. The number of aliphatic hydroxyl groups is 2. The van der Waals surface area contributed by atoms with E-state index in [0.29, 0.717) is 18.5 Å². The predicted molar refractivity (Wildman–Crippen MR) is 67.9 cm³/mol. The van der Waals surface area contributed by atoms with E-state index in [4.69, 9.17) is 5.11 Å². The van der Waals surface area contributed by atoms with Crippen molar-refractivity contribution in [1.29, 1.82) is 0 Å². The Labute approximate surface area is 104 Å². The van der Waals surface area contributed by atoms with Crippen LogP contribution in [0.25, 0.3) is 0 Å². The SMILES string of the molecule is CC(O)C1CC(NCCO)CN(C2CCC2)C1. The molecular weight excluding hydrogens is 216 g/mol. The van der Waals surface area contributed by atoms with Crippen molar-refractivity contribution in [3.63, 3.8) is 0 Å². The van der Waals surface area contributed by atoms with E-state index in [1.54, 1.807) is 0 Å². The Morgan fingerprint density at radius 1 is 1.35 bits per heavy atom. The molecule has 1 saturated heterocycles. The van der Waals surface area contributed by atoms with Crippen LogP contribution in [0.2, 0.25) is 0 Å². The van der Waals surface area contributed by atoms with E-state index in [-0.39, 0.29) is 12.7 Å². The fraction of sp³-hybridized carbons (Fsp3) is 1.00. The van der Waals surface area contributed by atoms with E-state index in [0.717, 1.165) is 25.6 Å². The normalized spacial score (nSPS) is 33.4. The number of likely N-dealkylation sites (tertiary alicyclic amines) is 1. The van der Waals surface area contributed by atoms with Gasteiger partial charge in [0.05, 0.1) is 12.7 Å². The van der Waals surface area contributed by atoms with Crippen LogP contribution in [0.5, 0.6) is 0 Å². The summed E-state index contributed by atoms with van der Waals surface area (Å²) in [6.07, 6.45) is 4.80. The topological polar surface area (TPSA) is 55.7 Å². The molecule has 3 N–H and O–H groups in total. The highest BCUT2D eigenvalue weighted by atomic mass is 16.3. The maximum Gasteiger partial charge on any atom is 0.0556 e. The molecule has 1 saturated carbocycles. The smallest absolute Gasteiger partial charge is 0.0556 e.